The Morgan fingerprint density at radius 1 is 1.16 bits per heavy atom. The third-order valence-electron chi connectivity index (χ3n) is 2.98. The van der Waals surface area contributed by atoms with Gasteiger partial charge in [0, 0.05) is 26.7 Å². The molecule has 1 N–H and O–H groups in total. The highest BCUT2D eigenvalue weighted by Gasteiger charge is 2.05. The number of hydrogen-bond donors (Lipinski definition) is 1. The van der Waals surface area contributed by atoms with Gasteiger partial charge in [-0.1, -0.05) is 37.9 Å². The van der Waals surface area contributed by atoms with Crippen LogP contribution in [0.2, 0.25) is 0 Å². The summed E-state index contributed by atoms with van der Waals surface area (Å²) in [7, 11) is 1.69. The molecule has 0 aliphatic heterocycles. The van der Waals surface area contributed by atoms with Crippen molar-refractivity contribution in [3.05, 3.63) is 56.5 Å². The fourth-order valence-electron chi connectivity index (χ4n) is 1.87. The topological polar surface area (TPSA) is 21.3 Å². The highest BCUT2D eigenvalue weighted by atomic mass is 79.9. The van der Waals surface area contributed by atoms with Crippen molar-refractivity contribution in [2.75, 3.05) is 12.4 Å². The number of halogens is 2. The lowest BCUT2D eigenvalue weighted by molar-refractivity contribution is 0.410. The highest BCUT2D eigenvalue weighted by Crippen LogP contribution is 2.27. The summed E-state index contributed by atoms with van der Waals surface area (Å²) in [5.41, 5.74) is 3.45. The summed E-state index contributed by atoms with van der Waals surface area (Å²) in [5, 5.41) is 3.44. The number of anilines is 1. The average molecular weight is 385 g/mol. The summed E-state index contributed by atoms with van der Waals surface area (Å²) in [6.07, 6.45) is 0. The Labute approximate surface area is 130 Å². The third-order valence-corrected chi connectivity index (χ3v) is 4.33. The van der Waals surface area contributed by atoms with Crippen LogP contribution in [0.1, 0.15) is 11.1 Å². The first-order chi connectivity index (χ1) is 9.11. The van der Waals surface area contributed by atoms with Gasteiger partial charge in [-0.2, -0.15) is 0 Å². The number of rotatable bonds is 4. The Balaban J connectivity index is 2.18. The molecular weight excluding hydrogens is 370 g/mol. The largest absolute Gasteiger partial charge is 0.496 e. The van der Waals surface area contributed by atoms with Crippen LogP contribution in [0.4, 0.5) is 5.69 Å². The molecule has 0 aliphatic rings. The Morgan fingerprint density at radius 3 is 2.68 bits per heavy atom. The molecule has 0 aliphatic carbocycles. The van der Waals surface area contributed by atoms with Gasteiger partial charge in [0.25, 0.3) is 0 Å². The molecule has 100 valence electrons. The first-order valence-corrected chi connectivity index (χ1v) is 7.52. The van der Waals surface area contributed by atoms with Crippen LogP contribution in [-0.2, 0) is 6.54 Å². The SMILES string of the molecule is COc1ccc(Br)cc1CNc1cccc(Br)c1C. The fraction of sp³-hybridized carbons (Fsp3) is 0.200. The smallest absolute Gasteiger partial charge is 0.123 e. The van der Waals surface area contributed by atoms with E-state index in [2.05, 4.69) is 56.2 Å². The van der Waals surface area contributed by atoms with E-state index in [-0.39, 0.29) is 0 Å². The summed E-state index contributed by atoms with van der Waals surface area (Å²) < 4.78 is 7.53. The highest BCUT2D eigenvalue weighted by molar-refractivity contribution is 9.10. The molecule has 0 aromatic heterocycles. The molecule has 0 bridgehead atoms. The zero-order valence-corrected chi connectivity index (χ0v) is 14.0. The van der Waals surface area contributed by atoms with Gasteiger partial charge in [0.2, 0.25) is 0 Å². The van der Waals surface area contributed by atoms with E-state index in [9.17, 15) is 0 Å². The number of methoxy groups -OCH3 is 1. The van der Waals surface area contributed by atoms with Crippen LogP contribution >= 0.6 is 31.9 Å². The van der Waals surface area contributed by atoms with Crippen molar-refractivity contribution in [2.24, 2.45) is 0 Å². The van der Waals surface area contributed by atoms with E-state index in [1.165, 1.54) is 5.56 Å². The van der Waals surface area contributed by atoms with Crippen molar-refractivity contribution in [3.63, 3.8) is 0 Å². The zero-order valence-electron chi connectivity index (χ0n) is 10.8. The van der Waals surface area contributed by atoms with Crippen molar-refractivity contribution < 1.29 is 4.74 Å². The summed E-state index contributed by atoms with van der Waals surface area (Å²) in [6, 6.07) is 12.2. The first-order valence-electron chi connectivity index (χ1n) is 5.93. The maximum Gasteiger partial charge on any atom is 0.123 e. The molecule has 0 fully saturated rings. The molecule has 2 aromatic rings. The second-order valence-electron chi connectivity index (χ2n) is 4.22. The minimum atomic E-state index is 0.722. The van der Waals surface area contributed by atoms with E-state index < -0.39 is 0 Å². The lowest BCUT2D eigenvalue weighted by atomic mass is 10.1. The number of benzene rings is 2. The molecule has 4 heteroatoms. The Bertz CT molecular complexity index is 584. The van der Waals surface area contributed by atoms with Gasteiger partial charge < -0.3 is 10.1 Å². The monoisotopic (exact) mass is 383 g/mol. The molecule has 19 heavy (non-hydrogen) atoms. The van der Waals surface area contributed by atoms with Crippen molar-refractivity contribution in [3.8, 4) is 5.75 Å². The molecule has 0 spiro atoms. The second-order valence-corrected chi connectivity index (χ2v) is 5.99. The predicted octanol–water partition coefficient (Wildman–Crippen LogP) is 5.14. The van der Waals surface area contributed by atoms with Gasteiger partial charge in [0.05, 0.1) is 7.11 Å². The fourth-order valence-corrected chi connectivity index (χ4v) is 2.65. The van der Waals surface area contributed by atoms with E-state index in [1.54, 1.807) is 7.11 Å². The molecule has 0 radical (unpaired) electrons. The third kappa shape index (κ3) is 3.51. The van der Waals surface area contributed by atoms with Gasteiger partial charge in [-0.25, -0.2) is 0 Å². The molecule has 0 amide bonds. The second kappa shape index (κ2) is 6.44. The summed E-state index contributed by atoms with van der Waals surface area (Å²) >= 11 is 7.03. The van der Waals surface area contributed by atoms with E-state index >= 15 is 0 Å². The van der Waals surface area contributed by atoms with Crippen LogP contribution in [0, 0.1) is 6.92 Å². The quantitative estimate of drug-likeness (QED) is 0.787. The van der Waals surface area contributed by atoms with Gasteiger partial charge in [0.15, 0.2) is 0 Å². The normalized spacial score (nSPS) is 10.3. The number of hydrogen-bond acceptors (Lipinski definition) is 2. The summed E-state index contributed by atoms with van der Waals surface area (Å²) in [4.78, 5) is 0. The molecule has 0 atom stereocenters. The van der Waals surface area contributed by atoms with E-state index in [4.69, 9.17) is 4.74 Å². The van der Waals surface area contributed by atoms with Crippen LogP contribution in [0.25, 0.3) is 0 Å². The van der Waals surface area contributed by atoms with E-state index in [1.807, 2.05) is 24.3 Å². The molecule has 0 unspecified atom stereocenters. The summed E-state index contributed by atoms with van der Waals surface area (Å²) in [5.74, 6) is 0.892. The molecular formula is C15H15Br2NO. The molecule has 2 rings (SSSR count). The van der Waals surface area contributed by atoms with E-state index in [0.717, 1.165) is 32.5 Å². The van der Waals surface area contributed by atoms with Crippen molar-refractivity contribution in [1.82, 2.24) is 0 Å². The Morgan fingerprint density at radius 2 is 1.95 bits per heavy atom. The molecule has 0 saturated carbocycles. The number of nitrogens with one attached hydrogen (secondary N) is 1. The molecule has 2 aromatic carbocycles. The minimum absolute atomic E-state index is 0.722. The number of ether oxygens (including phenoxy) is 1. The first kappa shape index (κ1) is 14.4. The van der Waals surface area contributed by atoms with Gasteiger partial charge in [-0.3, -0.25) is 0 Å². The van der Waals surface area contributed by atoms with Crippen LogP contribution < -0.4 is 10.1 Å². The maximum absolute atomic E-state index is 5.37. The lowest BCUT2D eigenvalue weighted by Gasteiger charge is -2.13. The summed E-state index contributed by atoms with van der Waals surface area (Å²) in [6.45, 7) is 2.81. The molecule has 0 saturated heterocycles. The zero-order chi connectivity index (χ0) is 13.8. The Hall–Kier alpha value is -1.00. The Kier molecular flexibility index (Phi) is 4.88. The average Bonchev–Trinajstić information content (AvgIpc) is 2.40. The van der Waals surface area contributed by atoms with Crippen LogP contribution in [-0.4, -0.2) is 7.11 Å². The van der Waals surface area contributed by atoms with Crippen LogP contribution in [0.5, 0.6) is 5.75 Å². The van der Waals surface area contributed by atoms with Crippen molar-refractivity contribution >= 4 is 37.5 Å². The van der Waals surface area contributed by atoms with E-state index in [0.29, 0.717) is 0 Å². The minimum Gasteiger partial charge on any atom is -0.496 e. The maximum atomic E-state index is 5.37. The van der Waals surface area contributed by atoms with Gasteiger partial charge in [-0.05, 0) is 42.8 Å². The van der Waals surface area contributed by atoms with Crippen LogP contribution in [0.3, 0.4) is 0 Å². The standard InChI is InChI=1S/C15H15Br2NO/c1-10-13(17)4-3-5-14(10)18-9-11-8-12(16)6-7-15(11)19-2/h3-8,18H,9H2,1-2H3. The van der Waals surface area contributed by atoms with Crippen molar-refractivity contribution in [2.45, 2.75) is 13.5 Å². The van der Waals surface area contributed by atoms with Gasteiger partial charge in [-0.15, -0.1) is 0 Å². The van der Waals surface area contributed by atoms with Gasteiger partial charge >= 0.3 is 0 Å². The lowest BCUT2D eigenvalue weighted by Crippen LogP contribution is -2.03. The predicted molar refractivity (Wildman–Crippen MR) is 86.9 cm³/mol. The van der Waals surface area contributed by atoms with Gasteiger partial charge in [0.1, 0.15) is 5.75 Å². The molecule has 0 heterocycles. The molecule has 2 nitrogen and oxygen atoms in total. The van der Waals surface area contributed by atoms with Crippen LogP contribution in [0.15, 0.2) is 45.3 Å². The van der Waals surface area contributed by atoms with Crippen molar-refractivity contribution in [1.29, 1.82) is 0 Å².